The van der Waals surface area contributed by atoms with Crippen LogP contribution in [-0.2, 0) is 7.05 Å². The van der Waals surface area contributed by atoms with E-state index in [1.807, 2.05) is 35.9 Å². The smallest absolute Gasteiger partial charge is 0.315 e. The van der Waals surface area contributed by atoms with Crippen LogP contribution in [0.25, 0.3) is 11.0 Å². The number of aryl methyl sites for hydroxylation is 1. The van der Waals surface area contributed by atoms with Gasteiger partial charge >= 0.3 is 5.69 Å². The fourth-order valence-corrected chi connectivity index (χ4v) is 2.73. The number of rotatable bonds is 1. The summed E-state index contributed by atoms with van der Waals surface area (Å²) >= 11 is 0. The Bertz CT molecular complexity index is 596. The number of para-hydroxylation sites is 2. The fraction of sp³-hybridized carbons (Fsp3) is 0.462. The maximum absolute atomic E-state index is 12.3. The fourth-order valence-electron chi connectivity index (χ4n) is 2.73. The molecule has 1 atom stereocenters. The third-order valence-corrected chi connectivity index (χ3v) is 3.63. The van der Waals surface area contributed by atoms with Crippen molar-refractivity contribution in [1.82, 2.24) is 14.5 Å². The Labute approximate surface area is 112 Å². The number of piperidine rings is 1. The normalized spacial score (nSPS) is 19.7. The highest BCUT2D eigenvalue weighted by Crippen LogP contribution is 2.21. The van der Waals surface area contributed by atoms with Crippen LogP contribution < -0.4 is 11.0 Å². The summed E-state index contributed by atoms with van der Waals surface area (Å²) in [6, 6.07) is 8.30. The zero-order chi connectivity index (χ0) is 11.8. The van der Waals surface area contributed by atoms with Crippen LogP contribution in [0.4, 0.5) is 0 Å². The van der Waals surface area contributed by atoms with E-state index in [0.29, 0.717) is 6.04 Å². The SMILES string of the molecule is Cl.Cn1c(=O)n(C2CCCNC2)c2ccccc21. The Balaban J connectivity index is 0.00000120. The van der Waals surface area contributed by atoms with E-state index in [-0.39, 0.29) is 18.1 Å². The third kappa shape index (κ3) is 1.95. The average Bonchev–Trinajstić information content (AvgIpc) is 2.64. The molecule has 1 unspecified atom stereocenters. The zero-order valence-corrected chi connectivity index (χ0v) is 11.2. The third-order valence-electron chi connectivity index (χ3n) is 3.63. The molecule has 0 aliphatic carbocycles. The van der Waals surface area contributed by atoms with Gasteiger partial charge in [0.15, 0.2) is 0 Å². The molecule has 1 fully saturated rings. The lowest BCUT2D eigenvalue weighted by molar-refractivity contribution is 0.369. The summed E-state index contributed by atoms with van der Waals surface area (Å²) in [5.74, 6) is 0. The van der Waals surface area contributed by atoms with Crippen molar-refractivity contribution in [3.8, 4) is 0 Å². The van der Waals surface area contributed by atoms with E-state index in [1.54, 1.807) is 4.57 Å². The van der Waals surface area contributed by atoms with Crippen molar-refractivity contribution >= 4 is 23.4 Å². The highest BCUT2D eigenvalue weighted by Gasteiger charge is 2.20. The molecule has 1 aromatic carbocycles. The van der Waals surface area contributed by atoms with Gasteiger partial charge in [0.25, 0.3) is 0 Å². The maximum atomic E-state index is 12.3. The number of benzene rings is 1. The molecule has 1 aliphatic rings. The van der Waals surface area contributed by atoms with Gasteiger partial charge in [-0.15, -0.1) is 12.4 Å². The van der Waals surface area contributed by atoms with Crippen molar-refractivity contribution in [3.05, 3.63) is 34.7 Å². The minimum atomic E-state index is 0. The van der Waals surface area contributed by atoms with E-state index in [9.17, 15) is 4.79 Å². The van der Waals surface area contributed by atoms with E-state index >= 15 is 0 Å². The summed E-state index contributed by atoms with van der Waals surface area (Å²) in [7, 11) is 1.84. The van der Waals surface area contributed by atoms with E-state index < -0.39 is 0 Å². The monoisotopic (exact) mass is 267 g/mol. The minimum Gasteiger partial charge on any atom is -0.315 e. The second-order valence-electron chi connectivity index (χ2n) is 4.70. The van der Waals surface area contributed by atoms with Crippen LogP contribution >= 0.6 is 12.4 Å². The molecule has 1 saturated heterocycles. The van der Waals surface area contributed by atoms with E-state index in [2.05, 4.69) is 5.32 Å². The Kier molecular flexibility index (Phi) is 3.78. The summed E-state index contributed by atoms with van der Waals surface area (Å²) in [4.78, 5) is 12.3. The first kappa shape index (κ1) is 13.2. The molecule has 0 bridgehead atoms. The molecule has 0 saturated carbocycles. The molecule has 98 valence electrons. The number of hydrogen-bond acceptors (Lipinski definition) is 2. The molecule has 2 aromatic rings. The number of halogens is 1. The first-order valence-corrected chi connectivity index (χ1v) is 6.15. The number of imidazole rings is 1. The van der Waals surface area contributed by atoms with Crippen molar-refractivity contribution < 1.29 is 0 Å². The van der Waals surface area contributed by atoms with Crippen molar-refractivity contribution in [2.75, 3.05) is 13.1 Å². The van der Waals surface area contributed by atoms with Crippen LogP contribution in [0.3, 0.4) is 0 Å². The molecule has 3 rings (SSSR count). The Morgan fingerprint density at radius 2 is 2.00 bits per heavy atom. The van der Waals surface area contributed by atoms with Gasteiger partial charge in [0.1, 0.15) is 0 Å². The molecule has 0 amide bonds. The number of aromatic nitrogens is 2. The van der Waals surface area contributed by atoms with Crippen molar-refractivity contribution in [2.24, 2.45) is 7.05 Å². The molecule has 2 heterocycles. The zero-order valence-electron chi connectivity index (χ0n) is 10.4. The van der Waals surface area contributed by atoms with Gasteiger partial charge in [-0.1, -0.05) is 12.1 Å². The first-order valence-electron chi connectivity index (χ1n) is 6.15. The van der Waals surface area contributed by atoms with Crippen LogP contribution in [0, 0.1) is 0 Å². The van der Waals surface area contributed by atoms with Gasteiger partial charge in [-0.3, -0.25) is 9.13 Å². The Morgan fingerprint density at radius 1 is 1.28 bits per heavy atom. The summed E-state index contributed by atoms with van der Waals surface area (Å²) in [6.45, 7) is 1.96. The van der Waals surface area contributed by atoms with Crippen molar-refractivity contribution in [3.63, 3.8) is 0 Å². The van der Waals surface area contributed by atoms with Crippen molar-refractivity contribution in [1.29, 1.82) is 0 Å². The number of hydrogen-bond donors (Lipinski definition) is 1. The molecule has 1 aliphatic heterocycles. The van der Waals surface area contributed by atoms with Gasteiger partial charge in [0.2, 0.25) is 0 Å². The van der Waals surface area contributed by atoms with Crippen LogP contribution in [0.5, 0.6) is 0 Å². The number of nitrogens with zero attached hydrogens (tertiary/aromatic N) is 2. The summed E-state index contributed by atoms with van der Waals surface area (Å²) in [5.41, 5.74) is 2.16. The second-order valence-corrected chi connectivity index (χ2v) is 4.70. The topological polar surface area (TPSA) is 39.0 Å². The quantitative estimate of drug-likeness (QED) is 0.854. The summed E-state index contributed by atoms with van der Waals surface area (Å²) in [5, 5.41) is 3.37. The predicted molar refractivity (Wildman–Crippen MR) is 75.6 cm³/mol. The van der Waals surface area contributed by atoms with Gasteiger partial charge in [0.05, 0.1) is 17.1 Å². The lowest BCUT2D eigenvalue weighted by Gasteiger charge is -2.23. The van der Waals surface area contributed by atoms with Crippen molar-refractivity contribution in [2.45, 2.75) is 18.9 Å². The van der Waals surface area contributed by atoms with Crippen LogP contribution in [0.2, 0.25) is 0 Å². The Hall–Kier alpha value is -1.26. The summed E-state index contributed by atoms with van der Waals surface area (Å²) < 4.78 is 3.69. The van der Waals surface area contributed by atoms with Gasteiger partial charge < -0.3 is 5.32 Å². The molecule has 1 N–H and O–H groups in total. The van der Waals surface area contributed by atoms with Gasteiger partial charge in [-0.05, 0) is 31.5 Å². The molecule has 18 heavy (non-hydrogen) atoms. The molecular formula is C13H18ClN3O. The van der Waals surface area contributed by atoms with Gasteiger partial charge in [-0.2, -0.15) is 0 Å². The van der Waals surface area contributed by atoms with Crippen LogP contribution in [0.15, 0.2) is 29.1 Å². The number of nitrogens with one attached hydrogen (secondary N) is 1. The van der Waals surface area contributed by atoms with Crippen LogP contribution in [0.1, 0.15) is 18.9 Å². The highest BCUT2D eigenvalue weighted by molar-refractivity contribution is 5.85. The van der Waals surface area contributed by atoms with E-state index in [0.717, 1.165) is 37.0 Å². The predicted octanol–water partition coefficient (Wildman–Crippen LogP) is 1.69. The summed E-state index contributed by atoms with van der Waals surface area (Å²) in [6.07, 6.45) is 2.22. The number of fused-ring (bicyclic) bond motifs is 1. The lowest BCUT2D eigenvalue weighted by atomic mass is 10.1. The molecule has 1 aromatic heterocycles. The molecule has 0 radical (unpaired) electrons. The molecule has 4 nitrogen and oxygen atoms in total. The minimum absolute atomic E-state index is 0. The average molecular weight is 268 g/mol. The maximum Gasteiger partial charge on any atom is 0.329 e. The van der Waals surface area contributed by atoms with E-state index in [4.69, 9.17) is 0 Å². The molecule has 0 spiro atoms. The van der Waals surface area contributed by atoms with Gasteiger partial charge in [0, 0.05) is 13.6 Å². The van der Waals surface area contributed by atoms with Crippen LogP contribution in [-0.4, -0.2) is 22.2 Å². The standard InChI is InChI=1S/C13H17N3O.ClH/c1-15-11-6-2-3-7-12(11)16(13(15)17)10-5-4-8-14-9-10;/h2-3,6-7,10,14H,4-5,8-9H2,1H3;1H. The van der Waals surface area contributed by atoms with Gasteiger partial charge in [-0.25, -0.2) is 4.79 Å². The lowest BCUT2D eigenvalue weighted by Crippen LogP contribution is -2.36. The second kappa shape index (κ2) is 5.16. The first-order chi connectivity index (χ1) is 8.29. The highest BCUT2D eigenvalue weighted by atomic mass is 35.5. The molecular weight excluding hydrogens is 250 g/mol. The Morgan fingerprint density at radius 3 is 2.67 bits per heavy atom. The molecule has 5 heteroatoms. The largest absolute Gasteiger partial charge is 0.329 e. The van der Waals surface area contributed by atoms with E-state index in [1.165, 1.54) is 0 Å².